The van der Waals surface area contributed by atoms with E-state index in [0.717, 1.165) is 5.56 Å². The molecule has 2 rings (SSSR count). The van der Waals surface area contributed by atoms with Crippen LogP contribution < -0.4 is 5.48 Å². The molecule has 0 aliphatic heterocycles. The van der Waals surface area contributed by atoms with E-state index in [2.05, 4.69) is 5.48 Å². The number of carbonyl (C=O) groups excluding carboxylic acids is 1. The zero-order chi connectivity index (χ0) is 15.8. The predicted octanol–water partition coefficient (Wildman–Crippen LogP) is 2.86. The minimum Gasteiger partial charge on any atom is -0.269 e. The van der Waals surface area contributed by atoms with Crippen LogP contribution >= 0.6 is 0 Å². The maximum Gasteiger partial charge on any atom is 0.269 e. The van der Waals surface area contributed by atoms with Crippen LogP contribution in [0.1, 0.15) is 11.1 Å². The highest BCUT2D eigenvalue weighted by Crippen LogP contribution is 2.12. The second kappa shape index (κ2) is 7.70. The average molecular weight is 298 g/mol. The Balaban J connectivity index is 1.80. The Kier molecular flexibility index (Phi) is 5.39. The molecule has 0 bridgehead atoms. The molecular formula is C16H14N2O4. The molecule has 0 aliphatic rings. The van der Waals surface area contributed by atoms with Crippen molar-refractivity contribution in [1.29, 1.82) is 0 Å². The topological polar surface area (TPSA) is 81.5 Å². The summed E-state index contributed by atoms with van der Waals surface area (Å²) >= 11 is 0. The van der Waals surface area contributed by atoms with Gasteiger partial charge in [0.15, 0.2) is 0 Å². The second-order valence-corrected chi connectivity index (χ2v) is 4.42. The van der Waals surface area contributed by atoms with Crippen LogP contribution in [0.25, 0.3) is 6.08 Å². The van der Waals surface area contributed by atoms with Gasteiger partial charge >= 0.3 is 0 Å². The van der Waals surface area contributed by atoms with Gasteiger partial charge in [-0.2, -0.15) is 0 Å². The number of non-ortho nitro benzene ring substituents is 1. The summed E-state index contributed by atoms with van der Waals surface area (Å²) in [5.41, 5.74) is 3.93. The first-order chi connectivity index (χ1) is 10.6. The lowest BCUT2D eigenvalue weighted by Crippen LogP contribution is -2.21. The fourth-order valence-electron chi connectivity index (χ4n) is 1.68. The second-order valence-electron chi connectivity index (χ2n) is 4.42. The predicted molar refractivity (Wildman–Crippen MR) is 81.5 cm³/mol. The summed E-state index contributed by atoms with van der Waals surface area (Å²) in [4.78, 5) is 26.7. The van der Waals surface area contributed by atoms with Crippen LogP contribution in [0.4, 0.5) is 5.69 Å². The summed E-state index contributed by atoms with van der Waals surface area (Å²) in [7, 11) is 0. The van der Waals surface area contributed by atoms with Crippen LogP contribution in [0.3, 0.4) is 0 Å². The maximum absolute atomic E-state index is 11.6. The van der Waals surface area contributed by atoms with E-state index in [1.165, 1.54) is 18.2 Å². The van der Waals surface area contributed by atoms with E-state index >= 15 is 0 Å². The summed E-state index contributed by atoms with van der Waals surface area (Å²) < 4.78 is 0. The maximum atomic E-state index is 11.6. The molecule has 2 aromatic rings. The zero-order valence-electron chi connectivity index (χ0n) is 11.6. The number of nitrogens with zero attached hydrogens (tertiary/aromatic N) is 1. The van der Waals surface area contributed by atoms with Crippen molar-refractivity contribution >= 4 is 17.7 Å². The summed E-state index contributed by atoms with van der Waals surface area (Å²) in [6.45, 7) is 0.276. The first-order valence-corrected chi connectivity index (χ1v) is 6.53. The lowest BCUT2D eigenvalue weighted by molar-refractivity contribution is -0.384. The first kappa shape index (κ1) is 15.4. The van der Waals surface area contributed by atoms with Gasteiger partial charge in [-0.15, -0.1) is 0 Å². The van der Waals surface area contributed by atoms with Gasteiger partial charge in [-0.05, 0) is 29.3 Å². The van der Waals surface area contributed by atoms with Gasteiger partial charge in [0.25, 0.3) is 11.6 Å². The van der Waals surface area contributed by atoms with Gasteiger partial charge in [0.05, 0.1) is 11.5 Å². The van der Waals surface area contributed by atoms with Crippen LogP contribution in [-0.4, -0.2) is 10.8 Å². The Hall–Kier alpha value is -2.99. The van der Waals surface area contributed by atoms with Gasteiger partial charge in [-0.25, -0.2) is 5.48 Å². The van der Waals surface area contributed by atoms with Gasteiger partial charge in [0.1, 0.15) is 0 Å². The number of hydrogen-bond acceptors (Lipinski definition) is 4. The molecule has 0 heterocycles. The molecule has 1 N–H and O–H groups in total. The van der Waals surface area contributed by atoms with E-state index in [-0.39, 0.29) is 12.3 Å². The molecule has 0 radical (unpaired) electrons. The number of nitrogens with one attached hydrogen (secondary N) is 1. The van der Waals surface area contributed by atoms with E-state index in [1.807, 2.05) is 30.3 Å². The molecule has 0 atom stereocenters. The summed E-state index contributed by atoms with van der Waals surface area (Å²) in [6.07, 6.45) is 2.84. The summed E-state index contributed by atoms with van der Waals surface area (Å²) in [6, 6.07) is 15.3. The summed E-state index contributed by atoms with van der Waals surface area (Å²) in [5.74, 6) is -0.408. The number of nitro groups is 1. The molecule has 0 spiro atoms. The molecule has 0 saturated heterocycles. The van der Waals surface area contributed by atoms with Gasteiger partial charge in [-0.3, -0.25) is 19.7 Å². The Labute approximate surface area is 127 Å². The fraction of sp³-hybridized carbons (Fsp3) is 0.0625. The lowest BCUT2D eigenvalue weighted by atomic mass is 10.2. The third-order valence-corrected chi connectivity index (χ3v) is 2.79. The van der Waals surface area contributed by atoms with Gasteiger partial charge in [0, 0.05) is 18.2 Å². The molecule has 0 aliphatic carbocycles. The highest BCUT2D eigenvalue weighted by Gasteiger charge is 2.02. The van der Waals surface area contributed by atoms with Gasteiger partial charge in [-0.1, -0.05) is 30.3 Å². The number of hydroxylamine groups is 1. The molecule has 112 valence electrons. The molecule has 1 amide bonds. The van der Waals surface area contributed by atoms with Crippen molar-refractivity contribution in [2.24, 2.45) is 0 Å². The van der Waals surface area contributed by atoms with E-state index in [0.29, 0.717) is 5.56 Å². The first-order valence-electron chi connectivity index (χ1n) is 6.53. The number of rotatable bonds is 6. The number of nitro benzene ring substituents is 1. The number of amides is 1. The zero-order valence-corrected chi connectivity index (χ0v) is 11.6. The molecule has 6 heteroatoms. The normalized spacial score (nSPS) is 10.5. The van der Waals surface area contributed by atoms with Crippen molar-refractivity contribution in [3.8, 4) is 0 Å². The standard InChI is InChI=1S/C16H14N2O4/c19-16(17-22-12-14-4-2-1-3-5-14)11-8-13-6-9-15(10-7-13)18(20)21/h1-11H,12H2,(H,17,19)/b11-8+. The molecular weight excluding hydrogens is 284 g/mol. The van der Waals surface area contributed by atoms with Crippen molar-refractivity contribution < 1.29 is 14.6 Å². The van der Waals surface area contributed by atoms with Gasteiger partial charge in [0.2, 0.25) is 0 Å². The molecule has 22 heavy (non-hydrogen) atoms. The minimum atomic E-state index is -0.475. The van der Waals surface area contributed by atoms with Crippen molar-refractivity contribution in [3.05, 3.63) is 81.9 Å². The average Bonchev–Trinajstić information content (AvgIpc) is 2.54. The molecule has 0 fully saturated rings. The van der Waals surface area contributed by atoms with Crippen LogP contribution in [0.15, 0.2) is 60.7 Å². The van der Waals surface area contributed by atoms with Crippen LogP contribution in [0, 0.1) is 10.1 Å². The van der Waals surface area contributed by atoms with Crippen LogP contribution in [0.5, 0.6) is 0 Å². The molecule has 0 saturated carbocycles. The smallest absolute Gasteiger partial charge is 0.269 e. The van der Waals surface area contributed by atoms with E-state index < -0.39 is 10.8 Å². The monoisotopic (exact) mass is 298 g/mol. The SMILES string of the molecule is O=C(/C=C/c1ccc([N+](=O)[O-])cc1)NOCc1ccccc1. The Bertz CT molecular complexity index is 666. The number of carbonyl (C=O) groups is 1. The minimum absolute atomic E-state index is 0.00722. The Morgan fingerprint density at radius 1 is 1.14 bits per heavy atom. The van der Waals surface area contributed by atoms with Crippen molar-refractivity contribution in [2.75, 3.05) is 0 Å². The summed E-state index contributed by atoms with van der Waals surface area (Å²) in [5, 5.41) is 10.5. The van der Waals surface area contributed by atoms with Crippen molar-refractivity contribution in [1.82, 2.24) is 5.48 Å². The molecule has 6 nitrogen and oxygen atoms in total. The number of hydrogen-bond donors (Lipinski definition) is 1. The van der Waals surface area contributed by atoms with Crippen LogP contribution in [0.2, 0.25) is 0 Å². The van der Waals surface area contributed by atoms with Crippen molar-refractivity contribution in [2.45, 2.75) is 6.61 Å². The highest BCUT2D eigenvalue weighted by molar-refractivity contribution is 5.90. The molecule has 0 unspecified atom stereocenters. The van der Waals surface area contributed by atoms with Crippen molar-refractivity contribution in [3.63, 3.8) is 0 Å². The third kappa shape index (κ3) is 4.84. The third-order valence-electron chi connectivity index (χ3n) is 2.79. The fourth-order valence-corrected chi connectivity index (χ4v) is 1.68. The lowest BCUT2D eigenvalue weighted by Gasteiger charge is -2.03. The quantitative estimate of drug-likeness (QED) is 0.505. The van der Waals surface area contributed by atoms with Gasteiger partial charge < -0.3 is 0 Å². The molecule has 2 aromatic carbocycles. The Morgan fingerprint density at radius 3 is 2.45 bits per heavy atom. The van der Waals surface area contributed by atoms with Crippen LogP contribution in [-0.2, 0) is 16.2 Å². The number of benzene rings is 2. The van der Waals surface area contributed by atoms with E-state index in [4.69, 9.17) is 4.84 Å². The van der Waals surface area contributed by atoms with E-state index in [1.54, 1.807) is 18.2 Å². The Morgan fingerprint density at radius 2 is 1.82 bits per heavy atom. The largest absolute Gasteiger partial charge is 0.269 e. The highest BCUT2D eigenvalue weighted by atomic mass is 16.6. The van der Waals surface area contributed by atoms with E-state index in [9.17, 15) is 14.9 Å². The molecule has 0 aromatic heterocycles.